The van der Waals surface area contributed by atoms with Crippen molar-refractivity contribution in [2.45, 2.75) is 0 Å². The number of para-hydroxylation sites is 1. The number of hydrogen-bond donors (Lipinski definition) is 3. The van der Waals surface area contributed by atoms with Crippen molar-refractivity contribution in [2.75, 3.05) is 11.1 Å². The Bertz CT molecular complexity index is 686. The predicted octanol–water partition coefficient (Wildman–Crippen LogP) is 2.87. The van der Waals surface area contributed by atoms with E-state index in [0.29, 0.717) is 10.6 Å². The molecular weight excluding hydrogens is 280 g/mol. The van der Waals surface area contributed by atoms with Gasteiger partial charge in [0.15, 0.2) is 0 Å². The molecule has 0 unspecified atom stereocenters. The summed E-state index contributed by atoms with van der Waals surface area (Å²) in [4.78, 5) is 23.1. The minimum atomic E-state index is -1.11. The van der Waals surface area contributed by atoms with E-state index in [4.69, 9.17) is 22.4 Å². The van der Waals surface area contributed by atoms with Crippen molar-refractivity contribution in [3.8, 4) is 0 Å². The molecule has 2 aromatic carbocycles. The van der Waals surface area contributed by atoms with Gasteiger partial charge in [-0.1, -0.05) is 23.7 Å². The summed E-state index contributed by atoms with van der Waals surface area (Å²) in [5.41, 5.74) is 6.44. The van der Waals surface area contributed by atoms with Crippen LogP contribution >= 0.6 is 11.6 Å². The number of carboxylic acids is 1. The highest BCUT2D eigenvalue weighted by atomic mass is 35.5. The minimum Gasteiger partial charge on any atom is -0.478 e. The molecule has 0 aliphatic carbocycles. The molecule has 0 spiro atoms. The zero-order valence-corrected chi connectivity index (χ0v) is 11.0. The number of rotatable bonds is 3. The number of carbonyl (C=O) groups excluding carboxylic acids is 1. The molecule has 4 N–H and O–H groups in total. The molecule has 6 heteroatoms. The molecule has 2 aromatic rings. The van der Waals surface area contributed by atoms with E-state index in [1.165, 1.54) is 30.3 Å². The molecule has 0 heterocycles. The summed E-state index contributed by atoms with van der Waals surface area (Å²) < 4.78 is 0. The quantitative estimate of drug-likeness (QED) is 0.758. The van der Waals surface area contributed by atoms with Crippen LogP contribution in [0.25, 0.3) is 0 Å². The number of nitrogen functional groups attached to an aromatic ring is 1. The lowest BCUT2D eigenvalue weighted by Crippen LogP contribution is -2.15. The molecule has 0 bridgehead atoms. The highest BCUT2D eigenvalue weighted by Crippen LogP contribution is 2.21. The molecular formula is C14H11ClN2O3. The maximum Gasteiger partial charge on any atom is 0.337 e. The van der Waals surface area contributed by atoms with Crippen molar-refractivity contribution in [2.24, 2.45) is 0 Å². The number of amides is 1. The smallest absolute Gasteiger partial charge is 0.337 e. The van der Waals surface area contributed by atoms with E-state index < -0.39 is 11.9 Å². The Balaban J connectivity index is 2.28. The number of hydrogen-bond acceptors (Lipinski definition) is 3. The topological polar surface area (TPSA) is 92.4 Å². The zero-order valence-electron chi connectivity index (χ0n) is 10.3. The zero-order chi connectivity index (χ0) is 14.7. The van der Waals surface area contributed by atoms with Crippen LogP contribution in [0.5, 0.6) is 0 Å². The van der Waals surface area contributed by atoms with E-state index in [1.807, 2.05) is 0 Å². The average Bonchev–Trinajstić information content (AvgIpc) is 2.42. The third kappa shape index (κ3) is 2.89. The molecule has 0 radical (unpaired) electrons. The van der Waals surface area contributed by atoms with Crippen molar-refractivity contribution in [3.05, 3.63) is 58.6 Å². The van der Waals surface area contributed by atoms with Gasteiger partial charge in [-0.15, -0.1) is 0 Å². The highest BCUT2D eigenvalue weighted by molar-refractivity contribution is 6.33. The lowest BCUT2D eigenvalue weighted by molar-refractivity contribution is 0.0698. The first kappa shape index (κ1) is 13.9. The molecule has 1 amide bonds. The van der Waals surface area contributed by atoms with Gasteiger partial charge in [-0.3, -0.25) is 4.79 Å². The fourth-order valence-electron chi connectivity index (χ4n) is 1.66. The first-order chi connectivity index (χ1) is 9.49. The number of benzene rings is 2. The summed E-state index contributed by atoms with van der Waals surface area (Å²) in [6, 6.07) is 10.6. The van der Waals surface area contributed by atoms with Crippen LogP contribution in [0.1, 0.15) is 20.7 Å². The Morgan fingerprint density at radius 1 is 1.15 bits per heavy atom. The fraction of sp³-hybridized carbons (Fsp3) is 0. The molecule has 2 rings (SSSR count). The van der Waals surface area contributed by atoms with Crippen LogP contribution in [-0.2, 0) is 0 Å². The van der Waals surface area contributed by atoms with Gasteiger partial charge in [-0.25, -0.2) is 4.79 Å². The number of anilines is 2. The van der Waals surface area contributed by atoms with Crippen LogP contribution in [0.2, 0.25) is 5.02 Å². The Labute approximate surface area is 120 Å². The van der Waals surface area contributed by atoms with Gasteiger partial charge < -0.3 is 16.2 Å². The second-order valence-corrected chi connectivity index (χ2v) is 4.45. The Morgan fingerprint density at radius 2 is 1.85 bits per heavy atom. The molecule has 0 aliphatic heterocycles. The first-order valence-electron chi connectivity index (χ1n) is 5.67. The molecule has 0 atom stereocenters. The van der Waals surface area contributed by atoms with Crippen molar-refractivity contribution in [3.63, 3.8) is 0 Å². The van der Waals surface area contributed by atoms with Gasteiger partial charge in [-0.2, -0.15) is 0 Å². The second kappa shape index (κ2) is 5.63. The van der Waals surface area contributed by atoms with Crippen molar-refractivity contribution >= 4 is 34.9 Å². The number of halogens is 1. The number of aromatic carboxylic acids is 1. The van der Waals surface area contributed by atoms with Crippen LogP contribution in [0, 0.1) is 0 Å². The average molecular weight is 291 g/mol. The monoisotopic (exact) mass is 290 g/mol. The molecule has 0 fully saturated rings. The maximum atomic E-state index is 12.0. The van der Waals surface area contributed by atoms with E-state index in [0.717, 1.165) is 0 Å². The van der Waals surface area contributed by atoms with Crippen LogP contribution in [0.15, 0.2) is 42.5 Å². The van der Waals surface area contributed by atoms with E-state index in [1.54, 1.807) is 12.1 Å². The number of nitrogens with one attached hydrogen (secondary N) is 1. The Hall–Kier alpha value is -2.53. The largest absolute Gasteiger partial charge is 0.478 e. The molecule has 0 saturated heterocycles. The highest BCUT2D eigenvalue weighted by Gasteiger charge is 2.13. The summed E-state index contributed by atoms with van der Waals surface area (Å²) >= 11 is 5.78. The lowest BCUT2D eigenvalue weighted by Gasteiger charge is -2.09. The van der Waals surface area contributed by atoms with Gasteiger partial charge in [-0.05, 0) is 30.3 Å². The fourth-order valence-corrected chi connectivity index (χ4v) is 1.78. The van der Waals surface area contributed by atoms with Crippen LogP contribution in [0.3, 0.4) is 0 Å². The SMILES string of the molecule is Nc1cc(C(=O)Nc2ccccc2C(=O)O)ccc1Cl. The lowest BCUT2D eigenvalue weighted by atomic mass is 10.1. The summed E-state index contributed by atoms with van der Waals surface area (Å²) in [6.45, 7) is 0. The van der Waals surface area contributed by atoms with Crippen molar-refractivity contribution in [1.29, 1.82) is 0 Å². The first-order valence-corrected chi connectivity index (χ1v) is 6.05. The normalized spacial score (nSPS) is 10.1. The summed E-state index contributed by atoms with van der Waals surface area (Å²) in [7, 11) is 0. The molecule has 0 saturated carbocycles. The maximum absolute atomic E-state index is 12.0. The summed E-state index contributed by atoms with van der Waals surface area (Å²) in [5.74, 6) is -1.57. The van der Waals surface area contributed by atoms with Gasteiger partial charge in [0, 0.05) is 5.56 Å². The van der Waals surface area contributed by atoms with Gasteiger partial charge in [0.2, 0.25) is 0 Å². The summed E-state index contributed by atoms with van der Waals surface area (Å²) in [5, 5.41) is 11.9. The van der Waals surface area contributed by atoms with Crippen LogP contribution in [0.4, 0.5) is 11.4 Å². The van der Waals surface area contributed by atoms with Crippen molar-refractivity contribution in [1.82, 2.24) is 0 Å². The van der Waals surface area contributed by atoms with Gasteiger partial charge in [0.1, 0.15) is 0 Å². The van der Waals surface area contributed by atoms with E-state index >= 15 is 0 Å². The molecule has 5 nitrogen and oxygen atoms in total. The molecule has 0 aliphatic rings. The van der Waals surface area contributed by atoms with Crippen LogP contribution in [-0.4, -0.2) is 17.0 Å². The predicted molar refractivity (Wildman–Crippen MR) is 77.2 cm³/mol. The standard InChI is InChI=1S/C14H11ClN2O3/c15-10-6-5-8(7-11(10)16)13(18)17-12-4-2-1-3-9(12)14(19)20/h1-7H,16H2,(H,17,18)(H,19,20). The second-order valence-electron chi connectivity index (χ2n) is 4.04. The van der Waals surface area contributed by atoms with Crippen molar-refractivity contribution < 1.29 is 14.7 Å². The molecule has 0 aromatic heterocycles. The van der Waals surface area contributed by atoms with Gasteiger partial charge in [0.05, 0.1) is 22.0 Å². The van der Waals surface area contributed by atoms with E-state index in [9.17, 15) is 9.59 Å². The van der Waals surface area contributed by atoms with Crippen LogP contribution < -0.4 is 11.1 Å². The Morgan fingerprint density at radius 3 is 2.50 bits per heavy atom. The van der Waals surface area contributed by atoms with Gasteiger partial charge in [0.25, 0.3) is 5.91 Å². The molecule has 20 heavy (non-hydrogen) atoms. The third-order valence-corrected chi connectivity index (χ3v) is 3.01. The molecule has 102 valence electrons. The number of nitrogens with two attached hydrogens (primary N) is 1. The Kier molecular flexibility index (Phi) is 3.91. The number of carboxylic acid groups (broad SMARTS) is 1. The van der Waals surface area contributed by atoms with Gasteiger partial charge >= 0.3 is 5.97 Å². The number of carbonyl (C=O) groups is 2. The third-order valence-electron chi connectivity index (χ3n) is 2.66. The minimum absolute atomic E-state index is 0.0165. The van der Waals surface area contributed by atoms with E-state index in [2.05, 4.69) is 5.32 Å². The summed E-state index contributed by atoms with van der Waals surface area (Å²) in [6.07, 6.45) is 0. The van der Waals surface area contributed by atoms with E-state index in [-0.39, 0.29) is 16.9 Å².